The van der Waals surface area contributed by atoms with E-state index in [0.29, 0.717) is 12.8 Å². The Hall–Kier alpha value is -3.02. The highest BCUT2D eigenvalue weighted by molar-refractivity contribution is 5.50. The smallest absolute Gasteiger partial charge is 0.200 e. The van der Waals surface area contributed by atoms with E-state index >= 15 is 0 Å². The van der Waals surface area contributed by atoms with Gasteiger partial charge in [0, 0.05) is 5.57 Å². The molecule has 2 atom stereocenters. The molecule has 0 fully saturated rings. The topological polar surface area (TPSA) is 29.5 Å². The lowest BCUT2D eigenvalue weighted by atomic mass is 9.88. The van der Waals surface area contributed by atoms with Crippen molar-refractivity contribution in [2.24, 2.45) is 11.8 Å². The third-order valence-corrected chi connectivity index (χ3v) is 4.79. The monoisotopic (exact) mass is 438 g/mol. The van der Waals surface area contributed by atoms with E-state index in [0.717, 1.165) is 0 Å². The fourth-order valence-corrected chi connectivity index (χ4v) is 2.35. The maximum Gasteiger partial charge on any atom is 0.200 e. The zero-order valence-electron chi connectivity index (χ0n) is 18.3. The molecular formula is C25H30F4O2. The summed E-state index contributed by atoms with van der Waals surface area (Å²) in [6.45, 7) is 24.0. The van der Waals surface area contributed by atoms with Gasteiger partial charge < -0.3 is 9.84 Å². The molecule has 0 aliphatic carbocycles. The van der Waals surface area contributed by atoms with Crippen molar-refractivity contribution in [3.05, 3.63) is 109 Å². The van der Waals surface area contributed by atoms with Crippen molar-refractivity contribution in [2.45, 2.75) is 26.7 Å². The van der Waals surface area contributed by atoms with Gasteiger partial charge in [-0.3, -0.25) is 0 Å². The van der Waals surface area contributed by atoms with Crippen LogP contribution in [0.25, 0.3) is 0 Å². The van der Waals surface area contributed by atoms with Crippen LogP contribution in [-0.2, 0) is 4.74 Å². The summed E-state index contributed by atoms with van der Waals surface area (Å²) in [4.78, 5) is 0. The molecule has 0 aliphatic heterocycles. The van der Waals surface area contributed by atoms with Gasteiger partial charge in [-0.25, -0.2) is 13.2 Å². The van der Waals surface area contributed by atoms with Gasteiger partial charge in [0.25, 0.3) is 0 Å². The highest BCUT2D eigenvalue weighted by atomic mass is 19.2. The summed E-state index contributed by atoms with van der Waals surface area (Å²) in [7, 11) is 1.17. The minimum atomic E-state index is -1.23. The number of aliphatic hydroxyl groups is 1. The van der Waals surface area contributed by atoms with Crippen LogP contribution in [0.3, 0.4) is 0 Å². The Labute approximate surface area is 182 Å². The summed E-state index contributed by atoms with van der Waals surface area (Å²) < 4.78 is 61.5. The molecule has 31 heavy (non-hydrogen) atoms. The molecule has 2 nitrogen and oxygen atoms in total. The first-order valence-corrected chi connectivity index (χ1v) is 9.42. The lowest BCUT2D eigenvalue weighted by Crippen LogP contribution is -2.07. The SMILES string of the molecule is C=C(O)/C=C\C(=C)C(=C)/C(F)=C(/F)C(=C)C(C)CCC(C)C(=C)/C(F)=C(/F)C(=C)OC. The molecule has 170 valence electrons. The van der Waals surface area contributed by atoms with E-state index in [2.05, 4.69) is 44.2 Å². The van der Waals surface area contributed by atoms with E-state index in [1.807, 2.05) is 0 Å². The van der Waals surface area contributed by atoms with Gasteiger partial charge in [-0.15, -0.1) is 0 Å². The number of hydrogen-bond donors (Lipinski definition) is 1. The Morgan fingerprint density at radius 3 is 1.58 bits per heavy atom. The van der Waals surface area contributed by atoms with Crippen molar-refractivity contribution in [3.63, 3.8) is 0 Å². The summed E-state index contributed by atoms with van der Waals surface area (Å²) in [5, 5.41) is 9.03. The normalized spacial score (nSPS) is 14.8. The second-order valence-electron chi connectivity index (χ2n) is 7.14. The fourth-order valence-electron chi connectivity index (χ4n) is 2.35. The molecule has 0 amide bonds. The van der Waals surface area contributed by atoms with Gasteiger partial charge in [0.2, 0.25) is 0 Å². The molecule has 0 saturated heterocycles. The molecule has 1 N–H and O–H groups in total. The molecule has 0 aromatic carbocycles. The molecule has 0 aromatic heterocycles. The first kappa shape index (κ1) is 28.0. The molecule has 0 radical (unpaired) electrons. The van der Waals surface area contributed by atoms with E-state index in [1.54, 1.807) is 13.8 Å². The molecule has 6 heteroatoms. The number of methoxy groups -OCH3 is 1. The van der Waals surface area contributed by atoms with E-state index < -0.39 is 40.9 Å². The molecule has 0 heterocycles. The third-order valence-electron chi connectivity index (χ3n) is 4.79. The van der Waals surface area contributed by atoms with E-state index in [-0.39, 0.29) is 28.1 Å². The zero-order valence-corrected chi connectivity index (χ0v) is 18.3. The van der Waals surface area contributed by atoms with Crippen molar-refractivity contribution >= 4 is 0 Å². The van der Waals surface area contributed by atoms with Crippen molar-refractivity contribution in [1.82, 2.24) is 0 Å². The predicted molar refractivity (Wildman–Crippen MR) is 120 cm³/mol. The number of hydrogen-bond acceptors (Lipinski definition) is 2. The van der Waals surface area contributed by atoms with Crippen molar-refractivity contribution < 1.29 is 27.4 Å². The molecule has 0 spiro atoms. The van der Waals surface area contributed by atoms with Crippen LogP contribution in [0.5, 0.6) is 0 Å². The second kappa shape index (κ2) is 12.6. The van der Waals surface area contributed by atoms with Gasteiger partial charge in [0.1, 0.15) is 11.5 Å². The van der Waals surface area contributed by atoms with Crippen LogP contribution in [-0.4, -0.2) is 12.2 Å². The highest BCUT2D eigenvalue weighted by Crippen LogP contribution is 2.34. The van der Waals surface area contributed by atoms with Gasteiger partial charge in [-0.1, -0.05) is 59.4 Å². The summed E-state index contributed by atoms with van der Waals surface area (Å²) in [5.41, 5.74) is -0.436. The molecule has 0 aliphatic rings. The maximum atomic E-state index is 14.5. The van der Waals surface area contributed by atoms with Crippen LogP contribution in [0.4, 0.5) is 17.6 Å². The second-order valence-corrected chi connectivity index (χ2v) is 7.14. The Bertz CT molecular complexity index is 872. The Morgan fingerprint density at radius 2 is 1.19 bits per heavy atom. The Balaban J connectivity index is 5.20. The first-order chi connectivity index (χ1) is 14.3. The van der Waals surface area contributed by atoms with Crippen molar-refractivity contribution in [2.75, 3.05) is 7.11 Å². The van der Waals surface area contributed by atoms with E-state index in [4.69, 9.17) is 5.11 Å². The Morgan fingerprint density at radius 1 is 0.774 bits per heavy atom. The van der Waals surface area contributed by atoms with Crippen LogP contribution in [0, 0.1) is 11.8 Å². The third kappa shape index (κ3) is 8.32. The Kier molecular flexibility index (Phi) is 11.4. The van der Waals surface area contributed by atoms with Crippen molar-refractivity contribution in [1.29, 1.82) is 0 Å². The summed E-state index contributed by atoms with van der Waals surface area (Å²) in [6, 6.07) is 0. The lowest BCUT2D eigenvalue weighted by molar-refractivity contribution is 0.280. The number of halogens is 4. The largest absolute Gasteiger partial charge is 0.509 e. The minimum absolute atomic E-state index is 0.0511. The van der Waals surface area contributed by atoms with Gasteiger partial charge in [0.05, 0.1) is 7.11 Å². The molecule has 0 aromatic rings. The minimum Gasteiger partial charge on any atom is -0.509 e. The van der Waals surface area contributed by atoms with Crippen LogP contribution in [0.2, 0.25) is 0 Å². The number of aliphatic hydroxyl groups excluding tert-OH is 1. The molecular weight excluding hydrogens is 408 g/mol. The summed E-state index contributed by atoms with van der Waals surface area (Å²) in [6.07, 6.45) is 3.06. The van der Waals surface area contributed by atoms with Gasteiger partial charge >= 0.3 is 0 Å². The highest BCUT2D eigenvalue weighted by Gasteiger charge is 2.22. The van der Waals surface area contributed by atoms with E-state index in [1.165, 1.54) is 19.3 Å². The van der Waals surface area contributed by atoms with Crippen LogP contribution >= 0.6 is 0 Å². The van der Waals surface area contributed by atoms with Crippen LogP contribution in [0.15, 0.2) is 109 Å². The van der Waals surface area contributed by atoms with Gasteiger partial charge in [-0.05, 0) is 47.5 Å². The maximum absolute atomic E-state index is 14.5. The van der Waals surface area contributed by atoms with Crippen LogP contribution < -0.4 is 0 Å². The first-order valence-electron chi connectivity index (χ1n) is 9.42. The summed E-state index contributed by atoms with van der Waals surface area (Å²) >= 11 is 0. The number of ether oxygens (including phenoxy) is 1. The fraction of sp³-hybridized carbons (Fsp3) is 0.280. The number of rotatable bonds is 13. The summed E-state index contributed by atoms with van der Waals surface area (Å²) in [5.74, 6) is -6.48. The predicted octanol–water partition coefficient (Wildman–Crippen LogP) is 8.35. The average molecular weight is 439 g/mol. The molecule has 0 rings (SSSR count). The lowest BCUT2D eigenvalue weighted by Gasteiger charge is -2.19. The molecule has 0 saturated carbocycles. The zero-order chi connectivity index (χ0) is 24.5. The average Bonchev–Trinajstić information content (AvgIpc) is 2.76. The van der Waals surface area contributed by atoms with Crippen molar-refractivity contribution in [3.8, 4) is 0 Å². The van der Waals surface area contributed by atoms with Gasteiger partial charge in [0.15, 0.2) is 23.3 Å². The van der Waals surface area contributed by atoms with Gasteiger partial charge in [-0.2, -0.15) is 4.39 Å². The number of allylic oxidation sites excluding steroid dienone is 10. The van der Waals surface area contributed by atoms with Crippen LogP contribution in [0.1, 0.15) is 26.7 Å². The molecule has 2 unspecified atom stereocenters. The molecule has 0 bridgehead atoms. The quantitative estimate of drug-likeness (QED) is 0.178. The standard InChI is InChI=1S/C25H30F4O2/c1-14(10-11-15(2)20(7)24(28)25(29)21(8)31-9)18(5)22(26)23(27)19(6)16(3)12-13-17(4)30/h12-15,30H,3-8,10-11H2,1-2,9H3/b13-12-,23-22-,25-24-. The van der Waals surface area contributed by atoms with E-state index in [9.17, 15) is 17.6 Å².